The molecule has 2 amide bonds. The SMILES string of the molecule is CCN(CCO)C(=O)c1csc(NC(=O)Cc2ccccc2)n1. The number of carbonyl (C=O) groups excluding carboxylic acids is 2. The zero-order chi connectivity index (χ0) is 16.7. The van der Waals surface area contributed by atoms with Gasteiger partial charge in [0.25, 0.3) is 5.91 Å². The first kappa shape index (κ1) is 17.1. The van der Waals surface area contributed by atoms with Crippen LogP contribution in [0.25, 0.3) is 0 Å². The topological polar surface area (TPSA) is 82.5 Å². The third-order valence-electron chi connectivity index (χ3n) is 3.22. The summed E-state index contributed by atoms with van der Waals surface area (Å²) < 4.78 is 0. The zero-order valence-corrected chi connectivity index (χ0v) is 13.7. The minimum absolute atomic E-state index is 0.0929. The Bertz CT molecular complexity index is 658. The maximum Gasteiger partial charge on any atom is 0.273 e. The Kier molecular flexibility index (Phi) is 6.25. The summed E-state index contributed by atoms with van der Waals surface area (Å²) >= 11 is 1.21. The molecule has 1 heterocycles. The number of hydrogen-bond acceptors (Lipinski definition) is 5. The average molecular weight is 333 g/mol. The number of amides is 2. The number of likely N-dealkylation sites (N-methyl/N-ethyl adjacent to an activating group) is 1. The van der Waals surface area contributed by atoms with Gasteiger partial charge in [0.15, 0.2) is 5.13 Å². The number of aliphatic hydroxyl groups excluding tert-OH is 1. The second kappa shape index (κ2) is 8.40. The van der Waals surface area contributed by atoms with Gasteiger partial charge in [0.2, 0.25) is 5.91 Å². The Labute approximate surface area is 138 Å². The molecule has 0 radical (unpaired) electrons. The molecule has 23 heavy (non-hydrogen) atoms. The fourth-order valence-electron chi connectivity index (χ4n) is 2.06. The van der Waals surface area contributed by atoms with Crippen molar-refractivity contribution in [3.05, 3.63) is 47.0 Å². The van der Waals surface area contributed by atoms with Crippen molar-refractivity contribution in [3.8, 4) is 0 Å². The average Bonchev–Trinajstić information content (AvgIpc) is 3.01. The van der Waals surface area contributed by atoms with Crippen LogP contribution in [0.15, 0.2) is 35.7 Å². The molecule has 7 heteroatoms. The third-order valence-corrected chi connectivity index (χ3v) is 3.97. The normalized spacial score (nSPS) is 10.3. The molecule has 0 aliphatic rings. The fourth-order valence-corrected chi connectivity index (χ4v) is 2.76. The van der Waals surface area contributed by atoms with Gasteiger partial charge in [0.1, 0.15) is 5.69 Å². The molecule has 0 aliphatic heterocycles. The van der Waals surface area contributed by atoms with E-state index in [1.54, 1.807) is 5.38 Å². The molecule has 0 saturated heterocycles. The van der Waals surface area contributed by atoms with Crippen LogP contribution in [0.1, 0.15) is 23.0 Å². The minimum atomic E-state index is -0.249. The van der Waals surface area contributed by atoms with E-state index in [-0.39, 0.29) is 37.1 Å². The van der Waals surface area contributed by atoms with E-state index < -0.39 is 0 Å². The summed E-state index contributed by atoms with van der Waals surface area (Å²) in [6.07, 6.45) is 0.259. The number of thiazole rings is 1. The number of nitrogens with one attached hydrogen (secondary N) is 1. The van der Waals surface area contributed by atoms with E-state index in [1.165, 1.54) is 16.2 Å². The van der Waals surface area contributed by atoms with Crippen molar-refractivity contribution in [2.45, 2.75) is 13.3 Å². The van der Waals surface area contributed by atoms with Crippen molar-refractivity contribution in [1.82, 2.24) is 9.88 Å². The van der Waals surface area contributed by atoms with Gasteiger partial charge in [-0.1, -0.05) is 30.3 Å². The van der Waals surface area contributed by atoms with Crippen molar-refractivity contribution < 1.29 is 14.7 Å². The van der Waals surface area contributed by atoms with Crippen LogP contribution in [0, 0.1) is 0 Å². The van der Waals surface area contributed by atoms with Crippen LogP contribution >= 0.6 is 11.3 Å². The summed E-state index contributed by atoms with van der Waals surface area (Å²) in [6, 6.07) is 9.41. The van der Waals surface area contributed by atoms with Crippen molar-refractivity contribution in [3.63, 3.8) is 0 Å². The van der Waals surface area contributed by atoms with Crippen molar-refractivity contribution in [1.29, 1.82) is 0 Å². The zero-order valence-electron chi connectivity index (χ0n) is 12.9. The van der Waals surface area contributed by atoms with Gasteiger partial charge >= 0.3 is 0 Å². The van der Waals surface area contributed by atoms with Crippen molar-refractivity contribution >= 4 is 28.3 Å². The maximum atomic E-state index is 12.2. The number of nitrogens with zero attached hydrogens (tertiary/aromatic N) is 2. The van der Waals surface area contributed by atoms with Crippen molar-refractivity contribution in [2.24, 2.45) is 0 Å². The molecule has 0 unspecified atom stereocenters. The number of aliphatic hydroxyl groups is 1. The largest absolute Gasteiger partial charge is 0.395 e. The lowest BCUT2D eigenvalue weighted by Crippen LogP contribution is -2.33. The number of benzene rings is 1. The van der Waals surface area contributed by atoms with E-state index in [0.29, 0.717) is 11.7 Å². The molecule has 6 nitrogen and oxygen atoms in total. The van der Waals surface area contributed by atoms with Crippen LogP contribution in [0.4, 0.5) is 5.13 Å². The first-order chi connectivity index (χ1) is 11.1. The van der Waals surface area contributed by atoms with E-state index >= 15 is 0 Å². The molecule has 2 N–H and O–H groups in total. The quantitative estimate of drug-likeness (QED) is 0.809. The standard InChI is InChI=1S/C16H19N3O3S/c1-2-19(8-9-20)15(22)13-11-23-16(17-13)18-14(21)10-12-6-4-3-5-7-12/h3-7,11,20H,2,8-10H2,1H3,(H,17,18,21). The number of hydrogen-bond donors (Lipinski definition) is 2. The van der Waals surface area contributed by atoms with E-state index in [2.05, 4.69) is 10.3 Å². The molecule has 0 aliphatic carbocycles. The molecule has 2 aromatic rings. The van der Waals surface area contributed by atoms with Gasteiger partial charge < -0.3 is 15.3 Å². The Hall–Kier alpha value is -2.25. The first-order valence-corrected chi connectivity index (χ1v) is 8.21. The number of anilines is 1. The lowest BCUT2D eigenvalue weighted by Gasteiger charge is -2.17. The molecule has 0 atom stereocenters. The first-order valence-electron chi connectivity index (χ1n) is 7.33. The summed E-state index contributed by atoms with van der Waals surface area (Å²) in [5.74, 6) is -0.423. The second-order valence-electron chi connectivity index (χ2n) is 4.86. The van der Waals surface area contributed by atoms with E-state index in [9.17, 15) is 9.59 Å². The predicted molar refractivity (Wildman–Crippen MR) is 89.6 cm³/mol. The molecule has 2 rings (SSSR count). The van der Waals surface area contributed by atoms with Gasteiger partial charge in [-0.3, -0.25) is 9.59 Å². The molecule has 0 spiro atoms. The van der Waals surface area contributed by atoms with Gasteiger partial charge in [-0.15, -0.1) is 11.3 Å². The fraction of sp³-hybridized carbons (Fsp3) is 0.312. The predicted octanol–water partition coefficient (Wildman–Crippen LogP) is 1.78. The van der Waals surface area contributed by atoms with Crippen LogP contribution in [-0.2, 0) is 11.2 Å². The summed E-state index contributed by atoms with van der Waals surface area (Å²) in [4.78, 5) is 29.8. The molecule has 0 bridgehead atoms. The summed E-state index contributed by atoms with van der Waals surface area (Å²) in [6.45, 7) is 2.50. The second-order valence-corrected chi connectivity index (χ2v) is 5.71. The van der Waals surface area contributed by atoms with Crippen LogP contribution in [0.2, 0.25) is 0 Å². The van der Waals surface area contributed by atoms with Gasteiger partial charge in [-0.25, -0.2) is 4.98 Å². The third kappa shape index (κ3) is 4.87. The van der Waals surface area contributed by atoms with Gasteiger partial charge in [-0.2, -0.15) is 0 Å². The smallest absolute Gasteiger partial charge is 0.273 e. The van der Waals surface area contributed by atoms with E-state index in [1.807, 2.05) is 37.3 Å². The maximum absolute atomic E-state index is 12.2. The Morgan fingerprint density at radius 1 is 1.30 bits per heavy atom. The van der Waals surface area contributed by atoms with Crippen LogP contribution in [0.3, 0.4) is 0 Å². The van der Waals surface area contributed by atoms with Crippen molar-refractivity contribution in [2.75, 3.05) is 25.0 Å². The summed E-state index contributed by atoms with van der Waals surface area (Å²) in [7, 11) is 0. The number of aromatic nitrogens is 1. The Morgan fingerprint density at radius 3 is 2.70 bits per heavy atom. The van der Waals surface area contributed by atoms with Gasteiger partial charge in [0.05, 0.1) is 13.0 Å². The molecule has 1 aromatic heterocycles. The van der Waals surface area contributed by atoms with Gasteiger partial charge in [0, 0.05) is 18.5 Å². The highest BCUT2D eigenvalue weighted by Crippen LogP contribution is 2.17. The van der Waals surface area contributed by atoms with E-state index in [4.69, 9.17) is 5.11 Å². The minimum Gasteiger partial charge on any atom is -0.395 e. The van der Waals surface area contributed by atoms with Crippen LogP contribution in [0.5, 0.6) is 0 Å². The Balaban J connectivity index is 1.96. The lowest BCUT2D eigenvalue weighted by molar-refractivity contribution is -0.115. The van der Waals surface area contributed by atoms with Crippen LogP contribution in [-0.4, -0.2) is 46.5 Å². The van der Waals surface area contributed by atoms with E-state index in [0.717, 1.165) is 5.56 Å². The summed E-state index contributed by atoms with van der Waals surface area (Å²) in [5.41, 5.74) is 1.19. The molecule has 122 valence electrons. The monoisotopic (exact) mass is 333 g/mol. The molecule has 0 saturated carbocycles. The Morgan fingerprint density at radius 2 is 2.04 bits per heavy atom. The molecular formula is C16H19N3O3S. The molecular weight excluding hydrogens is 314 g/mol. The highest BCUT2D eigenvalue weighted by atomic mass is 32.1. The lowest BCUT2D eigenvalue weighted by atomic mass is 10.1. The van der Waals surface area contributed by atoms with Gasteiger partial charge in [-0.05, 0) is 12.5 Å². The highest BCUT2D eigenvalue weighted by molar-refractivity contribution is 7.14. The molecule has 0 fully saturated rings. The number of carbonyl (C=O) groups is 2. The van der Waals surface area contributed by atoms with Crippen LogP contribution < -0.4 is 5.32 Å². The molecule has 1 aromatic carbocycles. The highest BCUT2D eigenvalue weighted by Gasteiger charge is 2.17. The number of rotatable bonds is 7. The summed E-state index contributed by atoms with van der Waals surface area (Å²) in [5, 5.41) is 13.7.